The second-order valence-electron chi connectivity index (χ2n) is 4.55. The van der Waals surface area contributed by atoms with Gasteiger partial charge in [0, 0.05) is 27.2 Å². The highest BCUT2D eigenvalue weighted by atomic mass is 16.5. The molecule has 0 aliphatic carbocycles. The van der Waals surface area contributed by atoms with E-state index in [4.69, 9.17) is 14.7 Å². The van der Waals surface area contributed by atoms with Crippen molar-refractivity contribution in [1.29, 1.82) is 5.26 Å². The van der Waals surface area contributed by atoms with Crippen molar-refractivity contribution in [3.8, 4) is 12.1 Å². The van der Waals surface area contributed by atoms with Gasteiger partial charge in [0.15, 0.2) is 0 Å². The lowest BCUT2D eigenvalue weighted by atomic mass is 10.4. The lowest BCUT2D eigenvalue weighted by Gasteiger charge is -2.22. The topological polar surface area (TPSA) is 96.2 Å². The molecule has 1 heterocycles. The maximum absolute atomic E-state index is 8.76. The number of aromatic nitrogens is 3. The summed E-state index contributed by atoms with van der Waals surface area (Å²) in [6.45, 7) is 5.44. The van der Waals surface area contributed by atoms with Crippen LogP contribution in [-0.4, -0.2) is 54.9 Å². The largest absolute Gasteiger partial charge is 0.461 e. The molecular formula is C13H22N6O2. The fourth-order valence-corrected chi connectivity index (χ4v) is 1.56. The van der Waals surface area contributed by atoms with Crippen LogP contribution < -0.4 is 15.0 Å². The fourth-order valence-electron chi connectivity index (χ4n) is 1.56. The van der Waals surface area contributed by atoms with E-state index in [0.717, 1.165) is 0 Å². The summed E-state index contributed by atoms with van der Waals surface area (Å²) in [6.07, 6.45) is 0.349. The lowest BCUT2D eigenvalue weighted by Crippen LogP contribution is -2.30. The molecule has 0 saturated heterocycles. The summed E-state index contributed by atoms with van der Waals surface area (Å²) in [6, 6.07) is 2.38. The van der Waals surface area contributed by atoms with Crippen molar-refractivity contribution in [2.24, 2.45) is 0 Å². The van der Waals surface area contributed by atoms with Crippen molar-refractivity contribution < 1.29 is 9.47 Å². The summed E-state index contributed by atoms with van der Waals surface area (Å²) in [5.74, 6) is 0.896. The van der Waals surface area contributed by atoms with Crippen molar-refractivity contribution >= 4 is 11.9 Å². The predicted octanol–water partition coefficient (Wildman–Crippen LogP) is 1.07. The monoisotopic (exact) mass is 294 g/mol. The summed E-state index contributed by atoms with van der Waals surface area (Å²) in [5.41, 5.74) is 0. The Kier molecular flexibility index (Phi) is 7.18. The number of anilines is 2. The molecule has 0 aromatic carbocycles. The third-order valence-corrected chi connectivity index (χ3v) is 2.51. The first-order valence-corrected chi connectivity index (χ1v) is 6.82. The Labute approximate surface area is 125 Å². The van der Waals surface area contributed by atoms with E-state index in [9.17, 15) is 0 Å². The van der Waals surface area contributed by atoms with Crippen molar-refractivity contribution in [3.63, 3.8) is 0 Å². The molecule has 21 heavy (non-hydrogen) atoms. The lowest BCUT2D eigenvalue weighted by molar-refractivity contribution is 0.204. The molecule has 1 rings (SSSR count). The highest BCUT2D eigenvalue weighted by Crippen LogP contribution is 2.16. The van der Waals surface area contributed by atoms with Crippen molar-refractivity contribution in [3.05, 3.63) is 0 Å². The van der Waals surface area contributed by atoms with Crippen LogP contribution in [-0.2, 0) is 4.74 Å². The van der Waals surface area contributed by atoms with Gasteiger partial charge >= 0.3 is 6.01 Å². The van der Waals surface area contributed by atoms with Crippen molar-refractivity contribution in [2.45, 2.75) is 26.4 Å². The molecule has 0 fully saturated rings. The first-order chi connectivity index (χ1) is 10.1. The second-order valence-corrected chi connectivity index (χ2v) is 4.55. The van der Waals surface area contributed by atoms with Gasteiger partial charge in [0.1, 0.15) is 0 Å². The number of nitriles is 1. The van der Waals surface area contributed by atoms with Crippen molar-refractivity contribution in [1.82, 2.24) is 15.0 Å². The zero-order chi connectivity index (χ0) is 15.7. The number of rotatable bonds is 9. The standard InChI is InChI=1S/C13H22N6O2/c1-10(2)21-13-17-11(15-3)16-12(18-13)19(7-5-6-14)8-9-20-4/h10H,5,7-9H2,1-4H3,(H,15,16,17,18). The van der Waals surface area contributed by atoms with Gasteiger partial charge in [0.2, 0.25) is 11.9 Å². The maximum Gasteiger partial charge on any atom is 0.323 e. The van der Waals surface area contributed by atoms with Crippen LogP contribution in [0.2, 0.25) is 0 Å². The zero-order valence-corrected chi connectivity index (χ0v) is 13.0. The van der Waals surface area contributed by atoms with E-state index in [1.807, 2.05) is 18.7 Å². The second kappa shape index (κ2) is 8.92. The molecule has 8 heteroatoms. The van der Waals surface area contributed by atoms with Crippen LogP contribution in [0.15, 0.2) is 0 Å². The van der Waals surface area contributed by atoms with Gasteiger partial charge in [-0.3, -0.25) is 0 Å². The summed E-state index contributed by atoms with van der Waals surface area (Å²) >= 11 is 0. The molecule has 0 aliphatic rings. The molecule has 0 saturated carbocycles. The van der Waals surface area contributed by atoms with E-state index in [1.54, 1.807) is 14.2 Å². The van der Waals surface area contributed by atoms with Gasteiger partial charge in [-0.15, -0.1) is 0 Å². The molecule has 0 radical (unpaired) electrons. The molecule has 0 aliphatic heterocycles. The minimum atomic E-state index is -0.0310. The Hall–Kier alpha value is -2.14. The number of nitrogens with one attached hydrogen (secondary N) is 1. The number of hydrogen-bond acceptors (Lipinski definition) is 8. The Bertz CT molecular complexity index is 474. The van der Waals surface area contributed by atoms with Crippen LogP contribution in [0.5, 0.6) is 6.01 Å². The summed E-state index contributed by atoms with van der Waals surface area (Å²) in [7, 11) is 3.36. The van der Waals surface area contributed by atoms with E-state index < -0.39 is 0 Å². The molecule has 1 aromatic rings. The normalized spacial score (nSPS) is 10.3. The Morgan fingerprint density at radius 3 is 2.62 bits per heavy atom. The zero-order valence-electron chi connectivity index (χ0n) is 13.0. The van der Waals surface area contributed by atoms with E-state index >= 15 is 0 Å². The molecule has 8 nitrogen and oxygen atoms in total. The SMILES string of the molecule is CNc1nc(OC(C)C)nc(N(CCC#N)CCOC)n1. The van der Waals surface area contributed by atoms with Gasteiger partial charge in [-0.1, -0.05) is 0 Å². The van der Waals surface area contributed by atoms with Gasteiger partial charge in [-0.2, -0.15) is 20.2 Å². The van der Waals surface area contributed by atoms with E-state index in [-0.39, 0.29) is 12.1 Å². The van der Waals surface area contributed by atoms with Crippen LogP contribution in [0.4, 0.5) is 11.9 Å². The molecule has 0 atom stereocenters. The van der Waals surface area contributed by atoms with Crippen LogP contribution in [0, 0.1) is 11.3 Å². The molecule has 0 amide bonds. The van der Waals surface area contributed by atoms with Crippen LogP contribution in [0.1, 0.15) is 20.3 Å². The molecule has 1 aromatic heterocycles. The molecule has 1 N–H and O–H groups in total. The average molecular weight is 294 g/mol. The van der Waals surface area contributed by atoms with Crippen LogP contribution in [0.25, 0.3) is 0 Å². The fraction of sp³-hybridized carbons (Fsp3) is 0.692. The smallest absolute Gasteiger partial charge is 0.323 e. The first kappa shape index (κ1) is 16.9. The number of ether oxygens (including phenoxy) is 2. The highest BCUT2D eigenvalue weighted by Gasteiger charge is 2.14. The van der Waals surface area contributed by atoms with E-state index in [2.05, 4.69) is 26.3 Å². The Morgan fingerprint density at radius 2 is 2.05 bits per heavy atom. The minimum Gasteiger partial charge on any atom is -0.461 e. The van der Waals surface area contributed by atoms with Crippen LogP contribution >= 0.6 is 0 Å². The molecule has 0 unspecified atom stereocenters. The molecule has 116 valence electrons. The van der Waals surface area contributed by atoms with Crippen LogP contribution in [0.3, 0.4) is 0 Å². The third kappa shape index (κ3) is 5.79. The summed E-state index contributed by atoms with van der Waals surface area (Å²) < 4.78 is 10.6. The number of nitrogens with zero attached hydrogens (tertiary/aromatic N) is 5. The Morgan fingerprint density at radius 1 is 1.29 bits per heavy atom. The van der Waals surface area contributed by atoms with Gasteiger partial charge in [0.25, 0.3) is 0 Å². The predicted molar refractivity (Wildman–Crippen MR) is 79.5 cm³/mol. The average Bonchev–Trinajstić information content (AvgIpc) is 2.46. The van der Waals surface area contributed by atoms with Crippen molar-refractivity contribution in [2.75, 3.05) is 44.1 Å². The van der Waals surface area contributed by atoms with Gasteiger partial charge in [0.05, 0.1) is 25.2 Å². The van der Waals surface area contributed by atoms with E-state index in [0.29, 0.717) is 38.0 Å². The molecular weight excluding hydrogens is 272 g/mol. The molecule has 0 bridgehead atoms. The maximum atomic E-state index is 8.76. The first-order valence-electron chi connectivity index (χ1n) is 6.82. The van der Waals surface area contributed by atoms with Gasteiger partial charge in [-0.25, -0.2) is 0 Å². The van der Waals surface area contributed by atoms with Gasteiger partial charge < -0.3 is 19.7 Å². The molecule has 0 spiro atoms. The number of hydrogen-bond donors (Lipinski definition) is 1. The Balaban J connectivity index is 3.00. The highest BCUT2D eigenvalue weighted by molar-refractivity contribution is 5.38. The summed E-state index contributed by atoms with van der Waals surface area (Å²) in [4.78, 5) is 14.7. The third-order valence-electron chi connectivity index (χ3n) is 2.51. The number of methoxy groups -OCH3 is 1. The quantitative estimate of drug-likeness (QED) is 0.722. The summed E-state index contributed by atoms with van der Waals surface area (Å²) in [5, 5.41) is 11.6. The minimum absolute atomic E-state index is 0.0310. The van der Waals surface area contributed by atoms with Gasteiger partial charge in [-0.05, 0) is 13.8 Å². The van der Waals surface area contributed by atoms with E-state index in [1.165, 1.54) is 0 Å².